The van der Waals surface area contributed by atoms with Crippen LogP contribution in [0.4, 0.5) is 5.69 Å². The van der Waals surface area contributed by atoms with E-state index >= 15 is 0 Å². The van der Waals surface area contributed by atoms with Gasteiger partial charge in [0.25, 0.3) is 10.0 Å². The Balaban J connectivity index is 1.68. The van der Waals surface area contributed by atoms with E-state index in [4.69, 9.17) is 4.74 Å². The highest BCUT2D eigenvalue weighted by molar-refractivity contribution is 7.98. The number of ether oxygens (including phenoxy) is 1. The molecule has 3 aromatic carbocycles. The average Bonchev–Trinajstić information content (AvgIpc) is 2.83. The molecule has 0 unspecified atom stereocenters. The van der Waals surface area contributed by atoms with Gasteiger partial charge >= 0.3 is 0 Å². The van der Waals surface area contributed by atoms with Gasteiger partial charge in [0.05, 0.1) is 17.7 Å². The number of thioether (sulfide) groups is 1. The molecule has 180 valence electrons. The van der Waals surface area contributed by atoms with Crippen molar-refractivity contribution < 1.29 is 17.9 Å². The number of sulfonamides is 1. The first-order chi connectivity index (χ1) is 16.3. The van der Waals surface area contributed by atoms with Crippen LogP contribution in [0.15, 0.2) is 77.7 Å². The van der Waals surface area contributed by atoms with Crippen LogP contribution in [-0.4, -0.2) is 40.3 Å². The van der Waals surface area contributed by atoms with E-state index in [1.165, 1.54) is 18.2 Å². The third-order valence-corrected chi connectivity index (χ3v) is 8.01. The first-order valence-electron chi connectivity index (χ1n) is 10.9. The largest absolute Gasteiger partial charge is 0.495 e. The molecule has 0 atom stereocenters. The highest BCUT2D eigenvalue weighted by Gasteiger charge is 2.29. The number of para-hydroxylation sites is 2. The average molecular weight is 499 g/mol. The number of benzene rings is 3. The smallest absolute Gasteiger partial charge is 0.264 e. The van der Waals surface area contributed by atoms with Crippen molar-refractivity contribution in [2.45, 2.75) is 24.5 Å². The van der Waals surface area contributed by atoms with Crippen molar-refractivity contribution in [2.24, 2.45) is 0 Å². The van der Waals surface area contributed by atoms with Gasteiger partial charge in [-0.2, -0.15) is 11.8 Å². The summed E-state index contributed by atoms with van der Waals surface area (Å²) < 4.78 is 33.5. The molecule has 0 saturated heterocycles. The molecule has 0 saturated carbocycles. The van der Waals surface area contributed by atoms with Gasteiger partial charge in [-0.25, -0.2) is 8.42 Å². The van der Waals surface area contributed by atoms with E-state index in [-0.39, 0.29) is 17.3 Å². The molecule has 1 N–H and O–H groups in total. The summed E-state index contributed by atoms with van der Waals surface area (Å²) in [7, 11) is -2.51. The normalized spacial score (nSPS) is 11.1. The van der Waals surface area contributed by atoms with Crippen LogP contribution in [0, 0.1) is 13.8 Å². The molecule has 0 aliphatic carbocycles. The van der Waals surface area contributed by atoms with Gasteiger partial charge in [0.1, 0.15) is 12.3 Å². The first-order valence-corrected chi connectivity index (χ1v) is 13.5. The second-order valence-corrected chi connectivity index (χ2v) is 10.9. The van der Waals surface area contributed by atoms with Crippen LogP contribution in [0.5, 0.6) is 5.75 Å². The summed E-state index contributed by atoms with van der Waals surface area (Å²) in [6.45, 7) is 4.04. The van der Waals surface area contributed by atoms with Crippen molar-refractivity contribution in [3.63, 3.8) is 0 Å². The Hall–Kier alpha value is -2.97. The molecule has 34 heavy (non-hydrogen) atoms. The van der Waals surface area contributed by atoms with Crippen molar-refractivity contribution in [3.8, 4) is 5.75 Å². The molecule has 0 radical (unpaired) electrons. The molecule has 0 fully saturated rings. The Morgan fingerprint density at radius 1 is 0.941 bits per heavy atom. The highest BCUT2D eigenvalue weighted by atomic mass is 32.2. The van der Waals surface area contributed by atoms with Crippen LogP contribution >= 0.6 is 11.8 Å². The predicted octanol–water partition coefficient (Wildman–Crippen LogP) is 4.56. The molecule has 0 bridgehead atoms. The van der Waals surface area contributed by atoms with Crippen molar-refractivity contribution in [2.75, 3.05) is 30.3 Å². The Bertz CT molecular complexity index is 1190. The number of anilines is 1. The molecule has 0 aromatic heterocycles. The predicted molar refractivity (Wildman–Crippen MR) is 139 cm³/mol. The lowest BCUT2D eigenvalue weighted by Crippen LogP contribution is -2.41. The number of amides is 1. The van der Waals surface area contributed by atoms with Crippen LogP contribution in [-0.2, 0) is 20.6 Å². The van der Waals surface area contributed by atoms with Gasteiger partial charge in [-0.1, -0.05) is 59.7 Å². The van der Waals surface area contributed by atoms with Gasteiger partial charge in [-0.05, 0) is 43.7 Å². The summed E-state index contributed by atoms with van der Waals surface area (Å²) in [5.74, 6) is 1.57. The minimum Gasteiger partial charge on any atom is -0.495 e. The van der Waals surface area contributed by atoms with Gasteiger partial charge in [0.2, 0.25) is 5.91 Å². The van der Waals surface area contributed by atoms with E-state index in [0.717, 1.165) is 21.4 Å². The zero-order valence-electron chi connectivity index (χ0n) is 19.7. The molecular formula is C26H30N2O4S2. The Morgan fingerprint density at radius 3 is 2.21 bits per heavy atom. The number of hydrogen-bond donors (Lipinski definition) is 1. The van der Waals surface area contributed by atoms with E-state index in [2.05, 4.69) is 36.5 Å². The fourth-order valence-electron chi connectivity index (χ4n) is 3.30. The number of carbonyl (C=O) groups excluding carboxylic acids is 1. The summed E-state index contributed by atoms with van der Waals surface area (Å²) in [5, 5.41) is 2.84. The van der Waals surface area contributed by atoms with E-state index in [1.54, 1.807) is 60.3 Å². The lowest BCUT2D eigenvalue weighted by molar-refractivity contribution is -0.119. The van der Waals surface area contributed by atoms with E-state index in [0.29, 0.717) is 18.0 Å². The SMILES string of the molecule is COc1ccccc1N(CC(=O)NCCSCc1ccc(C)cc1)S(=O)(=O)c1ccc(C)cc1. The fraction of sp³-hybridized carbons (Fsp3) is 0.269. The molecule has 3 aromatic rings. The van der Waals surface area contributed by atoms with Crippen LogP contribution in [0.25, 0.3) is 0 Å². The maximum Gasteiger partial charge on any atom is 0.264 e. The van der Waals surface area contributed by atoms with Crippen LogP contribution < -0.4 is 14.4 Å². The summed E-state index contributed by atoms with van der Waals surface area (Å²) in [5.41, 5.74) is 3.72. The fourth-order valence-corrected chi connectivity index (χ4v) is 5.55. The van der Waals surface area contributed by atoms with E-state index in [1.807, 2.05) is 6.92 Å². The maximum absolute atomic E-state index is 13.5. The van der Waals surface area contributed by atoms with Crippen molar-refractivity contribution in [3.05, 3.63) is 89.5 Å². The number of methoxy groups -OCH3 is 1. The van der Waals surface area contributed by atoms with Gasteiger partial charge < -0.3 is 10.1 Å². The molecule has 0 heterocycles. The third-order valence-electron chi connectivity index (χ3n) is 5.21. The van der Waals surface area contributed by atoms with Gasteiger partial charge in [-0.3, -0.25) is 9.10 Å². The zero-order valence-corrected chi connectivity index (χ0v) is 21.3. The van der Waals surface area contributed by atoms with Gasteiger partial charge in [0.15, 0.2) is 0 Å². The molecule has 6 nitrogen and oxygen atoms in total. The molecule has 1 amide bonds. The molecule has 3 rings (SSSR count). The maximum atomic E-state index is 13.5. The number of nitrogens with zero attached hydrogens (tertiary/aromatic N) is 1. The molecular weight excluding hydrogens is 468 g/mol. The molecule has 0 spiro atoms. The minimum atomic E-state index is -3.99. The summed E-state index contributed by atoms with van der Waals surface area (Å²) >= 11 is 1.71. The van der Waals surface area contributed by atoms with E-state index < -0.39 is 10.0 Å². The zero-order chi connectivity index (χ0) is 24.6. The van der Waals surface area contributed by atoms with Crippen LogP contribution in [0.2, 0.25) is 0 Å². The number of carbonyl (C=O) groups is 1. The van der Waals surface area contributed by atoms with Gasteiger partial charge in [-0.15, -0.1) is 0 Å². The number of rotatable bonds is 11. The van der Waals surface area contributed by atoms with Crippen LogP contribution in [0.1, 0.15) is 16.7 Å². The van der Waals surface area contributed by atoms with Gasteiger partial charge in [0, 0.05) is 18.1 Å². The highest BCUT2D eigenvalue weighted by Crippen LogP contribution is 2.32. The summed E-state index contributed by atoms with van der Waals surface area (Å²) in [6, 6.07) is 21.7. The molecule has 0 aliphatic heterocycles. The minimum absolute atomic E-state index is 0.116. The Labute approximate surface area is 206 Å². The lowest BCUT2D eigenvalue weighted by Gasteiger charge is -2.25. The monoisotopic (exact) mass is 498 g/mol. The first kappa shape index (κ1) is 25.6. The third kappa shape index (κ3) is 6.77. The molecule has 0 aliphatic rings. The number of aryl methyl sites for hydroxylation is 2. The summed E-state index contributed by atoms with van der Waals surface area (Å²) in [6.07, 6.45) is 0. The topological polar surface area (TPSA) is 75.7 Å². The van der Waals surface area contributed by atoms with Crippen molar-refractivity contribution >= 4 is 33.4 Å². The Morgan fingerprint density at radius 2 is 1.56 bits per heavy atom. The van der Waals surface area contributed by atoms with E-state index in [9.17, 15) is 13.2 Å². The Kier molecular flexibility index (Phi) is 9.01. The molecule has 8 heteroatoms. The van der Waals surface area contributed by atoms with Crippen molar-refractivity contribution in [1.82, 2.24) is 5.32 Å². The van der Waals surface area contributed by atoms with Crippen LogP contribution in [0.3, 0.4) is 0 Å². The van der Waals surface area contributed by atoms with Crippen molar-refractivity contribution in [1.29, 1.82) is 0 Å². The standard InChI is InChI=1S/C26H30N2O4S2/c1-20-8-12-22(13-9-20)19-33-17-16-27-26(29)18-28(24-6-4-5-7-25(24)32-3)34(30,31)23-14-10-21(2)11-15-23/h4-15H,16-19H2,1-3H3,(H,27,29). The summed E-state index contributed by atoms with van der Waals surface area (Å²) in [4.78, 5) is 12.9. The lowest BCUT2D eigenvalue weighted by atomic mass is 10.2. The number of hydrogen-bond acceptors (Lipinski definition) is 5. The second-order valence-electron chi connectivity index (χ2n) is 7.88. The second kappa shape index (κ2) is 11.9. The number of nitrogens with one attached hydrogen (secondary N) is 1. The quantitative estimate of drug-likeness (QED) is 0.393.